The molecule has 0 bridgehead atoms. The number of hydrogen-bond donors (Lipinski definition) is 0. The molecule has 0 spiro atoms. The smallest absolute Gasteiger partial charge is 0 e. The van der Waals surface area contributed by atoms with Gasteiger partial charge in [-0.15, -0.1) is 26.7 Å². The van der Waals surface area contributed by atoms with Crippen molar-refractivity contribution in [3.8, 4) is 0 Å². The molecule has 0 nitrogen and oxygen atoms in total. The summed E-state index contributed by atoms with van der Waals surface area (Å²) >= 11 is 0. The maximum Gasteiger partial charge on any atom is 0 e. The molecule has 0 amide bonds. The van der Waals surface area contributed by atoms with E-state index in [1.54, 1.807) is 21.7 Å². The molecule has 6 aromatic carbocycles. The molecule has 0 unspecified atom stereocenters. The van der Waals surface area contributed by atoms with E-state index < -0.39 is 15.8 Å². The summed E-state index contributed by atoms with van der Waals surface area (Å²) < 4.78 is 0. The molecule has 360 valence electrons. The SMILES string of the molecule is C[C@H]([c-]1[cH-][cH-][cH-][c-]1P(c1ccccc1)c1ccccc1)P(C1CCCCC1)C1CCCCC1.C[C@H]([c-]1cccc1P(c1ccccc1)c1ccccc1)P(C1CCCCC1)C1CCCCC1.[Fe]. The normalized spacial score (nSPS) is 19.0. The second-order valence-electron chi connectivity index (χ2n) is 20.2. The molecule has 4 saturated carbocycles. The van der Waals surface area contributed by atoms with Crippen LogP contribution in [0.25, 0.3) is 0 Å². The second kappa shape index (κ2) is 26.3. The third-order valence-electron chi connectivity index (χ3n) is 16.0. The molecule has 67 heavy (non-hydrogen) atoms. The molecule has 2 atom stereocenters. The van der Waals surface area contributed by atoms with Crippen molar-refractivity contribution in [3.05, 3.63) is 169 Å². The molecule has 4 fully saturated rings. The Hall–Kier alpha value is -2.18. The van der Waals surface area contributed by atoms with E-state index in [2.05, 4.69) is 172 Å². The summed E-state index contributed by atoms with van der Waals surface area (Å²) in [5, 5.41) is 9.18. The molecule has 10 rings (SSSR count). The van der Waals surface area contributed by atoms with Crippen molar-refractivity contribution in [2.24, 2.45) is 0 Å². The molecule has 0 radical (unpaired) electrons. The van der Waals surface area contributed by atoms with E-state index in [0.29, 0.717) is 11.3 Å². The zero-order chi connectivity index (χ0) is 44.9. The van der Waals surface area contributed by atoms with Crippen LogP contribution in [0.5, 0.6) is 0 Å². The molecule has 6 aromatic rings. The first-order valence-electron chi connectivity index (χ1n) is 26.5. The molecule has 0 aromatic heterocycles. The van der Waals surface area contributed by atoms with Crippen LogP contribution in [0.1, 0.15) is 165 Å². The van der Waals surface area contributed by atoms with Gasteiger partial charge in [-0.1, -0.05) is 223 Å². The molecule has 4 aliphatic carbocycles. The van der Waals surface area contributed by atoms with Gasteiger partial charge >= 0.3 is 0 Å². The third kappa shape index (κ3) is 12.8. The van der Waals surface area contributed by atoms with Gasteiger partial charge in [0, 0.05) is 17.1 Å². The van der Waals surface area contributed by atoms with Crippen LogP contribution in [0, 0.1) is 0 Å². The topological polar surface area (TPSA) is 0 Å². The van der Waals surface area contributed by atoms with Crippen molar-refractivity contribution < 1.29 is 17.1 Å². The van der Waals surface area contributed by atoms with Crippen molar-refractivity contribution >= 4 is 63.5 Å². The molecule has 0 saturated heterocycles. The van der Waals surface area contributed by atoms with Crippen LogP contribution < -0.4 is 31.8 Å². The first-order valence-corrected chi connectivity index (χ1v) is 32.3. The Labute approximate surface area is 422 Å². The Balaban J connectivity index is 0.000000179. The fourth-order valence-corrected chi connectivity index (χ4v) is 26.8. The van der Waals surface area contributed by atoms with E-state index >= 15 is 0 Å². The standard InChI is InChI=1S/2C31H39P2.Fe/c2*1-25(32(26-15-6-2-7-16-26)27-17-8-3-9-18-27)30-23-14-24-31(30)33(28-19-10-4-11-20-28)29-21-12-5-13-22-29;/h2*4-5,10-14,19-27H,2-3,6-9,15-18H2,1H3;/q-5;-1;/t2*25-;/m11./s1. The second-order valence-corrected chi connectivity index (χ2v) is 30.8. The Morgan fingerprint density at radius 3 is 1.16 bits per heavy atom. The molecule has 0 heterocycles. The van der Waals surface area contributed by atoms with Crippen molar-refractivity contribution in [2.75, 3.05) is 0 Å². The van der Waals surface area contributed by atoms with E-state index in [0.717, 1.165) is 22.6 Å². The van der Waals surface area contributed by atoms with E-state index in [-0.39, 0.29) is 32.9 Å². The molecule has 0 N–H and O–H groups in total. The van der Waals surface area contributed by atoms with Crippen molar-refractivity contribution in [1.82, 2.24) is 0 Å². The monoisotopic (exact) mass is 1000 g/mol. The van der Waals surface area contributed by atoms with Crippen molar-refractivity contribution in [3.63, 3.8) is 0 Å². The molecule has 0 aliphatic heterocycles. The van der Waals surface area contributed by atoms with Gasteiger partial charge in [-0.2, -0.15) is 11.7 Å². The van der Waals surface area contributed by atoms with Crippen molar-refractivity contribution in [2.45, 2.75) is 176 Å². The van der Waals surface area contributed by atoms with Crippen LogP contribution in [-0.4, -0.2) is 22.6 Å². The summed E-state index contributed by atoms with van der Waals surface area (Å²) in [4.78, 5) is 0. The molecule has 5 heteroatoms. The fourth-order valence-electron chi connectivity index (χ4n) is 12.8. The maximum atomic E-state index is 2.62. The average molecular weight is 1000 g/mol. The summed E-state index contributed by atoms with van der Waals surface area (Å²) in [6.45, 7) is 5.24. The van der Waals surface area contributed by atoms with Gasteiger partial charge in [0.15, 0.2) is 0 Å². The van der Waals surface area contributed by atoms with Crippen LogP contribution in [0.4, 0.5) is 0 Å². The largest absolute Gasteiger partial charge is 0.747 e. The quantitative estimate of drug-likeness (QED) is 0.0579. The van der Waals surface area contributed by atoms with Crippen LogP contribution >= 0.6 is 31.7 Å². The number of rotatable bonds is 14. The minimum absolute atomic E-state index is 0. The zero-order valence-corrected chi connectivity index (χ0v) is 45.4. The van der Waals surface area contributed by atoms with Crippen LogP contribution in [0.3, 0.4) is 0 Å². The van der Waals surface area contributed by atoms with Crippen molar-refractivity contribution in [1.29, 1.82) is 0 Å². The van der Waals surface area contributed by atoms with Gasteiger partial charge in [0.05, 0.1) is 0 Å². The predicted octanol–water partition coefficient (Wildman–Crippen LogP) is 16.7. The average Bonchev–Trinajstić information content (AvgIpc) is 4.08. The Kier molecular flexibility index (Phi) is 20.1. The van der Waals surface area contributed by atoms with Gasteiger partial charge in [-0.3, -0.25) is 0 Å². The first-order chi connectivity index (χ1) is 32.7. The summed E-state index contributed by atoms with van der Waals surface area (Å²) in [5.74, 6) is 0. The van der Waals surface area contributed by atoms with E-state index in [4.69, 9.17) is 0 Å². The van der Waals surface area contributed by atoms with Crippen LogP contribution in [0.2, 0.25) is 0 Å². The van der Waals surface area contributed by atoms with Gasteiger partial charge < -0.3 is 29.1 Å². The number of hydrogen-bond acceptors (Lipinski definition) is 0. The van der Waals surface area contributed by atoms with Gasteiger partial charge in [0.1, 0.15) is 0 Å². The van der Waals surface area contributed by atoms with Gasteiger partial charge in [-0.05, 0) is 98.2 Å². The molecular weight excluding hydrogens is 924 g/mol. The third-order valence-corrected chi connectivity index (χ3v) is 28.8. The van der Waals surface area contributed by atoms with Gasteiger partial charge in [-0.25, -0.2) is 20.1 Å². The molecule has 4 aliphatic rings. The summed E-state index contributed by atoms with van der Waals surface area (Å²) in [6.07, 6.45) is 29.6. The maximum absolute atomic E-state index is 2.62. The first kappa shape index (κ1) is 51.2. The fraction of sp³-hybridized carbons (Fsp3) is 0.452. The number of benzene rings is 4. The summed E-state index contributed by atoms with van der Waals surface area (Å²) in [7, 11) is -0.977. The van der Waals surface area contributed by atoms with Gasteiger partial charge in [0.25, 0.3) is 0 Å². The van der Waals surface area contributed by atoms with E-state index in [1.807, 2.05) is 0 Å². The van der Waals surface area contributed by atoms with E-state index in [1.165, 1.54) is 150 Å². The molecular formula is C62H78FeP4-6. The Morgan fingerprint density at radius 2 is 0.776 bits per heavy atom. The minimum Gasteiger partial charge on any atom is -0.747 e. The van der Waals surface area contributed by atoms with Gasteiger partial charge in [0.2, 0.25) is 0 Å². The zero-order valence-electron chi connectivity index (χ0n) is 40.8. The van der Waals surface area contributed by atoms with E-state index in [9.17, 15) is 0 Å². The predicted molar refractivity (Wildman–Crippen MR) is 300 cm³/mol. The van der Waals surface area contributed by atoms with Crippen LogP contribution in [-0.2, 0) is 17.1 Å². The minimum atomic E-state index is -0.511. The summed E-state index contributed by atoms with van der Waals surface area (Å²) in [6, 6.07) is 59.8. The Bertz CT molecular complexity index is 1980. The summed E-state index contributed by atoms with van der Waals surface area (Å²) in [5.41, 5.74) is 8.77. The Morgan fingerprint density at radius 1 is 0.418 bits per heavy atom. The van der Waals surface area contributed by atoms with Crippen LogP contribution in [0.15, 0.2) is 158 Å².